The Balaban J connectivity index is 0.000000216. The van der Waals surface area contributed by atoms with Crippen LogP contribution in [0.4, 0.5) is 26.3 Å². The number of aromatic amines is 1. The molecule has 30 heteroatoms. The van der Waals surface area contributed by atoms with Crippen molar-refractivity contribution in [3.8, 4) is 23.3 Å². The van der Waals surface area contributed by atoms with E-state index >= 15 is 0 Å². The van der Waals surface area contributed by atoms with Crippen molar-refractivity contribution < 1.29 is 103 Å². The van der Waals surface area contributed by atoms with Crippen molar-refractivity contribution in [2.75, 3.05) is 0 Å². The lowest BCUT2D eigenvalue weighted by atomic mass is 9.77. The lowest BCUT2D eigenvalue weighted by Gasteiger charge is -2.36. The van der Waals surface area contributed by atoms with Gasteiger partial charge in [0.15, 0.2) is 5.56 Å². The quantitative estimate of drug-likeness (QED) is 0.00910. The zero-order valence-electron chi connectivity index (χ0n) is 66.3. The van der Waals surface area contributed by atoms with E-state index < -0.39 is 48.3 Å². The summed E-state index contributed by atoms with van der Waals surface area (Å²) in [6.45, 7) is 6.11. The summed E-state index contributed by atoms with van der Waals surface area (Å²) in [4.78, 5) is 83.2. The number of nitrogens with one attached hydrogen (secondary N) is 1. The molecule has 117 heavy (non-hydrogen) atoms. The molecule has 0 bridgehead atoms. The van der Waals surface area contributed by atoms with Gasteiger partial charge in [-0.3, -0.25) is 19.2 Å². The van der Waals surface area contributed by atoms with Gasteiger partial charge in [-0.1, -0.05) is 225 Å². The van der Waals surface area contributed by atoms with Crippen molar-refractivity contribution in [3.63, 3.8) is 0 Å². The number of carbonyl (C=O) groups is 7. The number of nitrogens with zero attached hydrogens (tertiary/aromatic N) is 5. The highest BCUT2D eigenvalue weighted by Gasteiger charge is 2.46. The van der Waals surface area contributed by atoms with Gasteiger partial charge in [-0.25, -0.2) is 19.4 Å². The predicted molar refractivity (Wildman–Crippen MR) is 421 cm³/mol. The Morgan fingerprint density at radius 3 is 1.13 bits per heavy atom. The normalized spacial score (nSPS) is 19.7. The topological polar surface area (TPSA) is 275 Å². The van der Waals surface area contributed by atoms with Crippen LogP contribution in [0.5, 0.6) is 23.3 Å². The molecule has 6 saturated carbocycles. The van der Waals surface area contributed by atoms with Crippen LogP contribution in [0.25, 0.3) is 0 Å². The van der Waals surface area contributed by atoms with Crippen LogP contribution >= 0.6 is 23.2 Å². The zero-order chi connectivity index (χ0) is 83.9. The molecular weight excluding hydrogens is 1570 g/mol. The molecule has 3 atom stereocenters. The molecule has 1 N–H and O–H groups in total. The van der Waals surface area contributed by atoms with Crippen molar-refractivity contribution in [3.05, 3.63) is 179 Å². The third-order valence-corrected chi connectivity index (χ3v) is 22.0. The van der Waals surface area contributed by atoms with Crippen LogP contribution in [-0.4, -0.2) is 115 Å². The maximum Gasteiger partial charge on any atom is 0.573 e. The minimum absolute atomic E-state index is 0.00732. The first kappa shape index (κ1) is 91.3. The van der Waals surface area contributed by atoms with Gasteiger partial charge in [0.1, 0.15) is 35.5 Å². The largest absolute Gasteiger partial charge is 0.573 e. The number of aromatic nitrogens is 6. The summed E-state index contributed by atoms with van der Waals surface area (Å²) in [5, 5.41) is 19.0. The Morgan fingerprint density at radius 1 is 0.444 bits per heavy atom. The Kier molecular flexibility index (Phi) is 35.4. The fourth-order valence-corrected chi connectivity index (χ4v) is 16.2. The second kappa shape index (κ2) is 45.4. The summed E-state index contributed by atoms with van der Waals surface area (Å²) in [7, 11) is 0. The van der Waals surface area contributed by atoms with E-state index in [4.69, 9.17) is 61.2 Å². The van der Waals surface area contributed by atoms with Crippen molar-refractivity contribution >= 4 is 64.6 Å². The van der Waals surface area contributed by atoms with E-state index in [1.165, 1.54) is 70.7 Å². The fourth-order valence-electron chi connectivity index (χ4n) is 15.9. The van der Waals surface area contributed by atoms with Gasteiger partial charge in [-0.05, 0) is 192 Å². The van der Waals surface area contributed by atoms with Crippen molar-refractivity contribution in [2.24, 2.45) is 23.7 Å². The van der Waals surface area contributed by atoms with Gasteiger partial charge in [-0.15, -0.1) is 26.3 Å². The average molecular weight is 1670 g/mol. The number of hydrogen-bond donors (Lipinski definition) is 1. The van der Waals surface area contributed by atoms with Crippen LogP contribution in [-0.2, 0) is 53.2 Å². The summed E-state index contributed by atoms with van der Waals surface area (Å²) in [5.74, 6) is -2.86. The van der Waals surface area contributed by atoms with Gasteiger partial charge < -0.3 is 47.4 Å². The molecule has 0 amide bonds. The first-order valence-electron chi connectivity index (χ1n) is 40.6. The molecule has 5 aromatic carbocycles. The fraction of sp³-hybridized carbons (Fsp3) is 0.529. The minimum Gasteiger partial charge on any atom is -0.472 e. The van der Waals surface area contributed by atoms with Crippen LogP contribution in [0.15, 0.2) is 140 Å². The third-order valence-electron chi connectivity index (χ3n) is 21.7. The highest BCUT2D eigenvalue weighted by Crippen LogP contribution is 2.45. The number of rotatable bonds is 23. The first-order valence-corrected chi connectivity index (χ1v) is 41.4. The molecule has 22 nitrogen and oxygen atoms in total. The van der Waals surface area contributed by atoms with Crippen molar-refractivity contribution in [1.82, 2.24) is 30.4 Å². The molecule has 6 aliphatic carbocycles. The number of aldehydes is 1. The van der Waals surface area contributed by atoms with E-state index in [1.54, 1.807) is 35.9 Å². The number of halogens is 8. The third kappa shape index (κ3) is 28.0. The van der Waals surface area contributed by atoms with Gasteiger partial charge in [-0.2, -0.15) is 0 Å². The summed E-state index contributed by atoms with van der Waals surface area (Å²) < 4.78 is 124. The average Bonchev–Trinajstić information content (AvgIpc) is 1.70. The van der Waals surface area contributed by atoms with Crippen molar-refractivity contribution in [1.29, 1.82) is 0 Å². The van der Waals surface area contributed by atoms with E-state index in [1.807, 2.05) is 91.0 Å². The number of esters is 5. The smallest absolute Gasteiger partial charge is 0.472 e. The lowest BCUT2D eigenvalue weighted by Crippen LogP contribution is -2.41. The number of carbonyl (C=O) groups excluding carboxylic acids is 7. The summed E-state index contributed by atoms with van der Waals surface area (Å²) in [5.41, 5.74) is 2.39. The number of alkyl halides is 7. The minimum atomic E-state index is -4.76. The van der Waals surface area contributed by atoms with E-state index in [0.717, 1.165) is 150 Å². The van der Waals surface area contributed by atoms with E-state index in [0.29, 0.717) is 38.5 Å². The predicted octanol–water partition coefficient (Wildman–Crippen LogP) is 20.4. The number of ether oxygens (including phenoxy) is 9. The standard InChI is InChI=1S/C44H44F3N3O6.C25H30F3N3O6.C9H15ClO2.C7H11ClO.C2H4O/c1-30(53-41(51)33-14-6-2-7-15-33)54-42(52)39-40(55-37-26-22-31(23-27-37)32-24-28-38(29-25-32)56-44(45,46)47)48-49-50(39)43(34-16-8-3-9-17-34,35-18-10-4-11-19-35)36-20-12-5-13-21-36;1-15(34-23(32)18-5-3-2-4-6-18)35-24(33)21-22(30-31-29-21)36-19-11-7-16(8-12-19)17-9-13-20(14-10-17)37-25(26,27)28;1-7(10)12-9(11)8-5-3-2-4-6-8;8-7(9)6-4-2-1-3-5-6;1-2-3/h3-5,8-13,16-21,24-25,28-31,33,37H,2,6-7,14-15,22-23,26-27H2,1H3;9-10,13-16,18-19H,2-8,11-12H2,1H3,(H,29,30,31);7-8H,2-6H2,1H3;6H,1-5H2;2H,1H3. The molecule has 13 rings (SSSR count). The molecule has 3 unspecified atom stereocenters. The molecule has 2 aromatic heterocycles. The second-order valence-corrected chi connectivity index (χ2v) is 31.0. The molecule has 0 spiro atoms. The van der Waals surface area contributed by atoms with Crippen LogP contribution < -0.4 is 18.9 Å². The van der Waals surface area contributed by atoms with Crippen LogP contribution in [0.2, 0.25) is 0 Å². The number of hydrogen-bond acceptors (Lipinski definition) is 20. The Labute approximate surface area is 687 Å². The number of benzene rings is 5. The molecule has 2 heterocycles. The molecule has 0 aliphatic heterocycles. The maximum atomic E-state index is 14.6. The van der Waals surface area contributed by atoms with Crippen molar-refractivity contribution in [2.45, 2.75) is 268 Å². The SMILES string of the molecule is CC(Cl)OC(=O)C1CCCCC1.CC(OC(=O)c1[nH]nnc1OC1CCC(c2ccc(OC(F)(F)F)cc2)CC1)OC(=O)C1CCCCC1.CC(OC(=O)c1c(OC2CCC(c3ccc(OC(F)(F)F)cc3)CC2)nnn1C(c1ccccc1)(c1ccccc1)c1ccccc1)OC(=O)C1CCCCC1.CC=O.O=C(Cl)C1CCCCC1. The Morgan fingerprint density at radius 2 is 0.786 bits per heavy atom. The highest BCUT2D eigenvalue weighted by atomic mass is 35.5. The molecular formula is C87H104Cl2F6N6O16. The van der Waals surface area contributed by atoms with E-state index in [9.17, 15) is 55.1 Å². The van der Waals surface area contributed by atoms with Gasteiger partial charge in [0.2, 0.25) is 29.2 Å². The molecule has 0 saturated heterocycles. The molecule has 6 fully saturated rings. The lowest BCUT2D eigenvalue weighted by molar-refractivity contribution is -0.275. The molecule has 0 radical (unpaired) electrons. The van der Waals surface area contributed by atoms with Gasteiger partial charge in [0.25, 0.3) is 11.8 Å². The zero-order valence-corrected chi connectivity index (χ0v) is 67.8. The van der Waals surface area contributed by atoms with Crippen LogP contribution in [0.3, 0.4) is 0 Å². The maximum absolute atomic E-state index is 14.6. The second-order valence-electron chi connectivity index (χ2n) is 30.1. The van der Waals surface area contributed by atoms with Crippen LogP contribution in [0, 0.1) is 23.7 Å². The van der Waals surface area contributed by atoms with Gasteiger partial charge >= 0.3 is 42.6 Å². The van der Waals surface area contributed by atoms with Gasteiger partial charge in [0, 0.05) is 19.8 Å². The summed E-state index contributed by atoms with van der Waals surface area (Å²) in [6, 6.07) is 40.9. The van der Waals surface area contributed by atoms with E-state index in [-0.39, 0.29) is 106 Å². The molecule has 634 valence electrons. The Hall–Kier alpha value is -9.57. The monoisotopic (exact) mass is 1670 g/mol. The van der Waals surface area contributed by atoms with Gasteiger partial charge in [0.05, 0.1) is 17.8 Å². The highest BCUT2D eigenvalue weighted by molar-refractivity contribution is 6.64. The molecule has 7 aromatic rings. The first-order chi connectivity index (χ1) is 56.2. The summed E-state index contributed by atoms with van der Waals surface area (Å²) in [6.07, 6.45) is 14.1. The number of H-pyrrole nitrogens is 1. The van der Waals surface area contributed by atoms with Crippen LogP contribution in [0.1, 0.15) is 268 Å². The summed E-state index contributed by atoms with van der Waals surface area (Å²) >= 11 is 10.9. The Bertz CT molecular complexity index is 4100. The van der Waals surface area contributed by atoms with E-state index in [2.05, 4.69) is 35.2 Å². The molecule has 6 aliphatic rings.